The van der Waals surface area contributed by atoms with Gasteiger partial charge in [0.2, 0.25) is 0 Å². The van der Waals surface area contributed by atoms with Gasteiger partial charge in [0.25, 0.3) is 0 Å². The topological polar surface area (TPSA) is 73.9 Å². The summed E-state index contributed by atoms with van der Waals surface area (Å²) >= 11 is 0. The molecule has 22 heavy (non-hydrogen) atoms. The molecule has 6 nitrogen and oxygen atoms in total. The van der Waals surface area contributed by atoms with E-state index in [1.54, 1.807) is 6.92 Å². The molecular weight excluding hydrogens is 286 g/mol. The van der Waals surface area contributed by atoms with Crippen LogP contribution in [0.25, 0.3) is 0 Å². The van der Waals surface area contributed by atoms with Crippen molar-refractivity contribution in [3.05, 3.63) is 0 Å². The molecule has 0 fully saturated rings. The van der Waals surface area contributed by atoms with E-state index in [9.17, 15) is 9.59 Å². The van der Waals surface area contributed by atoms with Gasteiger partial charge in [-0.15, -0.1) is 0 Å². The van der Waals surface area contributed by atoms with Crippen LogP contribution in [0.4, 0.5) is 4.79 Å². The number of methoxy groups -OCH3 is 1. The Morgan fingerprint density at radius 2 is 1.50 bits per heavy atom. The van der Waals surface area contributed by atoms with Crippen LogP contribution in [0.1, 0.15) is 53.9 Å². The van der Waals surface area contributed by atoms with Gasteiger partial charge in [0, 0.05) is 13.0 Å². The quantitative estimate of drug-likeness (QED) is 0.593. The number of alkyl carbamates (subject to hydrolysis) is 1. The Labute approximate surface area is 133 Å². The standard InChI is InChI=1S/C16H31NO5/c1-13(18)7-8-15(2,3)21-11-9-16(4,5)22-12-10-17-14(19)20-6/h7-12H2,1-6H3,(H,17,19). The SMILES string of the molecule is COC(=O)NCCOC(C)(C)CCOC(C)(C)CCC(C)=O. The van der Waals surface area contributed by atoms with Crippen molar-refractivity contribution in [2.45, 2.75) is 65.1 Å². The zero-order chi connectivity index (χ0) is 17.2. The Morgan fingerprint density at radius 3 is 2.05 bits per heavy atom. The fourth-order valence-corrected chi connectivity index (χ4v) is 1.75. The Kier molecular flexibility index (Phi) is 9.28. The summed E-state index contributed by atoms with van der Waals surface area (Å²) in [6.45, 7) is 10.9. The van der Waals surface area contributed by atoms with Crippen molar-refractivity contribution >= 4 is 11.9 Å². The first-order valence-corrected chi connectivity index (χ1v) is 7.67. The first-order valence-electron chi connectivity index (χ1n) is 7.67. The molecular formula is C16H31NO5. The number of hydrogen-bond acceptors (Lipinski definition) is 5. The first kappa shape index (κ1) is 20.9. The van der Waals surface area contributed by atoms with Crippen LogP contribution >= 0.6 is 0 Å². The maximum absolute atomic E-state index is 11.0. The Balaban J connectivity index is 3.91. The molecule has 0 bridgehead atoms. The molecule has 0 aliphatic carbocycles. The van der Waals surface area contributed by atoms with E-state index in [0.29, 0.717) is 32.6 Å². The minimum Gasteiger partial charge on any atom is -0.453 e. The predicted octanol–water partition coefficient (Wildman–Crippen LogP) is 2.69. The maximum atomic E-state index is 11.0. The van der Waals surface area contributed by atoms with Crippen LogP contribution in [-0.2, 0) is 19.0 Å². The number of hydrogen-bond donors (Lipinski definition) is 1. The number of nitrogens with one attached hydrogen (secondary N) is 1. The number of carbonyl (C=O) groups excluding carboxylic acids is 2. The van der Waals surface area contributed by atoms with Gasteiger partial charge in [-0.25, -0.2) is 4.79 Å². The lowest BCUT2D eigenvalue weighted by Gasteiger charge is -2.29. The van der Waals surface area contributed by atoms with E-state index in [1.165, 1.54) is 7.11 Å². The third kappa shape index (κ3) is 11.5. The largest absolute Gasteiger partial charge is 0.453 e. The van der Waals surface area contributed by atoms with E-state index in [-0.39, 0.29) is 17.0 Å². The molecule has 0 spiro atoms. The van der Waals surface area contributed by atoms with Gasteiger partial charge in [-0.1, -0.05) is 0 Å². The van der Waals surface area contributed by atoms with Crippen molar-refractivity contribution in [1.82, 2.24) is 5.32 Å². The Bertz CT molecular complexity index is 352. The molecule has 0 aliphatic rings. The van der Waals surface area contributed by atoms with Gasteiger partial charge in [0.05, 0.1) is 31.5 Å². The molecule has 6 heteroatoms. The molecule has 0 aliphatic heterocycles. The van der Waals surface area contributed by atoms with Crippen molar-refractivity contribution in [3.8, 4) is 0 Å². The molecule has 0 aromatic heterocycles. The van der Waals surface area contributed by atoms with Gasteiger partial charge in [-0.2, -0.15) is 0 Å². The van der Waals surface area contributed by atoms with E-state index in [1.807, 2.05) is 27.7 Å². The number of amides is 1. The first-order chi connectivity index (χ1) is 10.1. The van der Waals surface area contributed by atoms with Crippen LogP contribution in [0, 0.1) is 0 Å². The lowest BCUT2D eigenvalue weighted by Crippen LogP contribution is -2.34. The highest BCUT2D eigenvalue weighted by Gasteiger charge is 2.23. The van der Waals surface area contributed by atoms with E-state index in [0.717, 1.165) is 6.42 Å². The van der Waals surface area contributed by atoms with Gasteiger partial charge in [0.1, 0.15) is 5.78 Å². The second kappa shape index (κ2) is 9.79. The molecule has 1 amide bonds. The summed E-state index contributed by atoms with van der Waals surface area (Å²) in [5.74, 6) is 0.179. The highest BCUT2D eigenvalue weighted by molar-refractivity contribution is 5.75. The molecule has 0 unspecified atom stereocenters. The Hall–Kier alpha value is -1.14. The molecule has 1 N–H and O–H groups in total. The summed E-state index contributed by atoms with van der Waals surface area (Å²) < 4.78 is 16.1. The predicted molar refractivity (Wildman–Crippen MR) is 85.0 cm³/mol. The summed E-state index contributed by atoms with van der Waals surface area (Å²) in [6, 6.07) is 0. The Morgan fingerprint density at radius 1 is 0.955 bits per heavy atom. The van der Waals surface area contributed by atoms with Gasteiger partial charge < -0.3 is 24.3 Å². The van der Waals surface area contributed by atoms with Crippen LogP contribution in [0.2, 0.25) is 0 Å². The molecule has 0 saturated carbocycles. The molecule has 130 valence electrons. The fraction of sp³-hybridized carbons (Fsp3) is 0.875. The minimum absolute atomic E-state index is 0.179. The van der Waals surface area contributed by atoms with Gasteiger partial charge in [0.15, 0.2) is 0 Å². The highest BCUT2D eigenvalue weighted by atomic mass is 16.5. The summed E-state index contributed by atoms with van der Waals surface area (Å²) in [7, 11) is 1.32. The molecule has 0 aromatic rings. The summed E-state index contributed by atoms with van der Waals surface area (Å²) in [5, 5.41) is 2.56. The summed E-state index contributed by atoms with van der Waals surface area (Å²) in [5.41, 5.74) is -0.650. The summed E-state index contributed by atoms with van der Waals surface area (Å²) in [4.78, 5) is 21.9. The van der Waals surface area contributed by atoms with Crippen LogP contribution in [0.5, 0.6) is 0 Å². The molecule has 0 heterocycles. The zero-order valence-electron chi connectivity index (χ0n) is 14.8. The van der Waals surface area contributed by atoms with Gasteiger partial charge >= 0.3 is 6.09 Å². The van der Waals surface area contributed by atoms with Gasteiger partial charge in [-0.3, -0.25) is 0 Å². The third-order valence-corrected chi connectivity index (χ3v) is 3.33. The maximum Gasteiger partial charge on any atom is 0.406 e. The average Bonchev–Trinajstić information content (AvgIpc) is 2.40. The van der Waals surface area contributed by atoms with Crippen LogP contribution in [-0.4, -0.2) is 49.9 Å². The summed E-state index contributed by atoms with van der Waals surface area (Å²) in [6.07, 6.45) is 1.52. The lowest BCUT2D eigenvalue weighted by atomic mass is 10.0. The molecule has 0 aromatic carbocycles. The van der Waals surface area contributed by atoms with Crippen LogP contribution in [0.15, 0.2) is 0 Å². The van der Waals surface area contributed by atoms with Crippen molar-refractivity contribution in [1.29, 1.82) is 0 Å². The smallest absolute Gasteiger partial charge is 0.406 e. The van der Waals surface area contributed by atoms with E-state index in [2.05, 4.69) is 10.1 Å². The van der Waals surface area contributed by atoms with Crippen molar-refractivity contribution in [2.75, 3.05) is 26.9 Å². The van der Waals surface area contributed by atoms with Crippen molar-refractivity contribution in [2.24, 2.45) is 0 Å². The van der Waals surface area contributed by atoms with Gasteiger partial charge in [-0.05, 0) is 47.5 Å². The number of ketones is 1. The molecule has 0 radical (unpaired) electrons. The van der Waals surface area contributed by atoms with Crippen LogP contribution < -0.4 is 5.32 Å². The second-order valence-corrected chi connectivity index (χ2v) is 6.59. The monoisotopic (exact) mass is 317 g/mol. The van der Waals surface area contributed by atoms with Crippen molar-refractivity contribution < 1.29 is 23.8 Å². The molecule has 0 rings (SSSR count). The average molecular weight is 317 g/mol. The number of Topliss-reactive ketones (excluding diaryl/α,β-unsaturated/α-hetero) is 1. The van der Waals surface area contributed by atoms with Crippen LogP contribution in [0.3, 0.4) is 0 Å². The van der Waals surface area contributed by atoms with E-state index >= 15 is 0 Å². The number of ether oxygens (including phenoxy) is 3. The third-order valence-electron chi connectivity index (χ3n) is 3.33. The zero-order valence-corrected chi connectivity index (χ0v) is 14.8. The minimum atomic E-state index is -0.461. The molecule has 0 atom stereocenters. The van der Waals surface area contributed by atoms with Crippen molar-refractivity contribution in [3.63, 3.8) is 0 Å². The normalized spacial score (nSPS) is 12.1. The van der Waals surface area contributed by atoms with E-state index in [4.69, 9.17) is 9.47 Å². The number of rotatable bonds is 11. The highest BCUT2D eigenvalue weighted by Crippen LogP contribution is 2.20. The number of carbonyl (C=O) groups is 2. The lowest BCUT2D eigenvalue weighted by molar-refractivity contribution is -0.119. The van der Waals surface area contributed by atoms with E-state index < -0.39 is 6.09 Å². The second-order valence-electron chi connectivity index (χ2n) is 6.59. The fourth-order valence-electron chi connectivity index (χ4n) is 1.75. The molecule has 0 saturated heterocycles.